The van der Waals surface area contributed by atoms with Crippen molar-refractivity contribution in [3.05, 3.63) is 34.4 Å². The predicted molar refractivity (Wildman–Crippen MR) is 141 cm³/mol. The van der Waals surface area contributed by atoms with Gasteiger partial charge in [-0.1, -0.05) is 95.3 Å². The van der Waals surface area contributed by atoms with Crippen LogP contribution in [0.15, 0.2) is 12.1 Å². The van der Waals surface area contributed by atoms with E-state index in [9.17, 15) is 26.3 Å². The van der Waals surface area contributed by atoms with Crippen LogP contribution in [0.2, 0.25) is 0 Å². The van der Waals surface area contributed by atoms with Crippen molar-refractivity contribution < 1.29 is 26.3 Å². The Labute approximate surface area is 222 Å². The zero-order valence-corrected chi connectivity index (χ0v) is 23.1. The Morgan fingerprint density at radius 2 is 1.42 bits per heavy atom. The molecule has 206 valence electrons. The van der Waals surface area contributed by atoms with E-state index in [4.69, 9.17) is 0 Å². The second-order valence-corrected chi connectivity index (χ2v) is 12.3. The van der Waals surface area contributed by atoms with Crippen molar-refractivity contribution in [1.82, 2.24) is 0 Å². The molecule has 1 atom stereocenters. The summed E-state index contributed by atoms with van der Waals surface area (Å²) in [5.74, 6) is -5.24. The maximum absolute atomic E-state index is 14.6. The molecule has 0 heterocycles. The van der Waals surface area contributed by atoms with Crippen molar-refractivity contribution in [2.24, 2.45) is 0 Å². The lowest BCUT2D eigenvalue weighted by atomic mass is 9.75. The minimum atomic E-state index is -5.56. The monoisotopic (exact) mass is 554 g/mol. The smallest absolute Gasteiger partial charge is 0.191 e. The molecular formula is C28H40F6S2. The summed E-state index contributed by atoms with van der Waals surface area (Å²) >= 11 is 2.14. The highest BCUT2D eigenvalue weighted by Crippen LogP contribution is 2.54. The SMILES string of the molecule is CCCC(CC)c1cc(C2CCCCC2)cc(C2CCCCC2)c1CSC(F)(F)C(F)(F)C(F)(F)S. The van der Waals surface area contributed by atoms with Gasteiger partial charge in [0.25, 0.3) is 0 Å². The summed E-state index contributed by atoms with van der Waals surface area (Å²) in [7, 11) is 0. The van der Waals surface area contributed by atoms with E-state index in [2.05, 4.69) is 38.6 Å². The van der Waals surface area contributed by atoms with Crippen LogP contribution < -0.4 is 0 Å². The molecule has 0 radical (unpaired) electrons. The van der Waals surface area contributed by atoms with Gasteiger partial charge in [-0.2, -0.15) is 26.3 Å². The molecule has 36 heavy (non-hydrogen) atoms. The van der Waals surface area contributed by atoms with Gasteiger partial charge in [-0.05, 0) is 78.5 Å². The van der Waals surface area contributed by atoms with E-state index in [-0.39, 0.29) is 23.6 Å². The van der Waals surface area contributed by atoms with Crippen LogP contribution in [0, 0.1) is 0 Å². The summed E-state index contributed by atoms with van der Waals surface area (Å²) in [5, 5.41) is -10.1. The Bertz CT molecular complexity index is 813. The molecule has 0 N–H and O–H groups in total. The summed E-state index contributed by atoms with van der Waals surface area (Å²) in [6, 6.07) is 4.30. The Morgan fingerprint density at radius 3 is 1.92 bits per heavy atom. The third-order valence-electron chi connectivity index (χ3n) is 8.17. The predicted octanol–water partition coefficient (Wildman–Crippen LogP) is 11.1. The van der Waals surface area contributed by atoms with Gasteiger partial charge in [0.1, 0.15) is 0 Å². The fourth-order valence-electron chi connectivity index (χ4n) is 6.08. The van der Waals surface area contributed by atoms with Crippen molar-refractivity contribution in [2.45, 2.75) is 137 Å². The fourth-order valence-corrected chi connectivity index (χ4v) is 7.26. The van der Waals surface area contributed by atoms with Gasteiger partial charge in [-0.25, -0.2) is 0 Å². The van der Waals surface area contributed by atoms with Crippen molar-refractivity contribution in [3.8, 4) is 0 Å². The lowest BCUT2D eigenvalue weighted by Gasteiger charge is -2.33. The summed E-state index contributed by atoms with van der Waals surface area (Å²) < 4.78 is 83.9. The van der Waals surface area contributed by atoms with E-state index >= 15 is 0 Å². The number of rotatable bonds is 11. The number of halogens is 6. The zero-order chi connectivity index (χ0) is 26.6. The molecule has 2 fully saturated rings. The maximum Gasteiger partial charge on any atom is 0.391 e. The Hall–Kier alpha value is -0.500. The highest BCUT2D eigenvalue weighted by molar-refractivity contribution is 7.99. The van der Waals surface area contributed by atoms with Gasteiger partial charge in [-0.3, -0.25) is 0 Å². The third kappa shape index (κ3) is 6.73. The van der Waals surface area contributed by atoms with Crippen LogP contribution >= 0.6 is 24.4 Å². The van der Waals surface area contributed by atoms with Gasteiger partial charge < -0.3 is 0 Å². The molecule has 0 aliphatic heterocycles. The minimum Gasteiger partial charge on any atom is -0.191 e. The van der Waals surface area contributed by atoms with E-state index in [0.29, 0.717) is 11.5 Å². The number of alkyl halides is 6. The number of benzene rings is 1. The molecular weight excluding hydrogens is 514 g/mol. The van der Waals surface area contributed by atoms with Crippen LogP contribution in [0.5, 0.6) is 0 Å². The summed E-state index contributed by atoms with van der Waals surface area (Å²) in [5.41, 5.74) is 3.87. The second kappa shape index (κ2) is 12.6. The van der Waals surface area contributed by atoms with Crippen LogP contribution in [0.3, 0.4) is 0 Å². The Morgan fingerprint density at radius 1 is 0.861 bits per heavy atom. The summed E-state index contributed by atoms with van der Waals surface area (Å²) in [4.78, 5) is 0. The summed E-state index contributed by atoms with van der Waals surface area (Å²) in [6.07, 6.45) is 13.5. The largest absolute Gasteiger partial charge is 0.391 e. The highest BCUT2D eigenvalue weighted by Gasteiger charge is 2.70. The van der Waals surface area contributed by atoms with Crippen molar-refractivity contribution in [3.63, 3.8) is 0 Å². The van der Waals surface area contributed by atoms with Crippen LogP contribution in [0.4, 0.5) is 26.3 Å². The van der Waals surface area contributed by atoms with E-state index in [1.165, 1.54) is 24.8 Å². The minimum absolute atomic E-state index is 0.122. The van der Waals surface area contributed by atoms with E-state index in [1.807, 2.05) is 0 Å². The van der Waals surface area contributed by atoms with E-state index in [1.54, 1.807) is 0 Å². The van der Waals surface area contributed by atoms with Gasteiger partial charge >= 0.3 is 16.4 Å². The first-order valence-corrected chi connectivity index (χ1v) is 15.0. The molecule has 0 nitrogen and oxygen atoms in total. The topological polar surface area (TPSA) is 0 Å². The second-order valence-electron chi connectivity index (χ2n) is 10.7. The van der Waals surface area contributed by atoms with Gasteiger partial charge in [0, 0.05) is 5.75 Å². The first-order chi connectivity index (χ1) is 16.9. The van der Waals surface area contributed by atoms with Crippen molar-refractivity contribution in [2.75, 3.05) is 0 Å². The van der Waals surface area contributed by atoms with Gasteiger partial charge in [0.05, 0.1) is 0 Å². The van der Waals surface area contributed by atoms with Gasteiger partial charge in [0.2, 0.25) is 0 Å². The highest BCUT2D eigenvalue weighted by atomic mass is 32.2. The number of thiol groups is 1. The lowest BCUT2D eigenvalue weighted by Crippen LogP contribution is -2.49. The Kier molecular flexibility index (Phi) is 10.5. The lowest BCUT2D eigenvalue weighted by molar-refractivity contribution is -0.236. The molecule has 0 bridgehead atoms. The molecule has 0 saturated heterocycles. The summed E-state index contributed by atoms with van der Waals surface area (Å²) in [6.45, 7) is 4.14. The quantitative estimate of drug-likeness (QED) is 0.210. The van der Waals surface area contributed by atoms with Gasteiger partial charge in [-0.15, -0.1) is 0 Å². The molecule has 8 heteroatoms. The first kappa shape index (κ1) is 30.0. The Balaban J connectivity index is 2.09. The molecule has 1 aromatic carbocycles. The van der Waals surface area contributed by atoms with Crippen LogP contribution in [-0.4, -0.2) is 16.4 Å². The van der Waals surface area contributed by atoms with Crippen molar-refractivity contribution in [1.29, 1.82) is 0 Å². The normalized spacial score (nSPS) is 20.0. The number of hydrogen-bond donors (Lipinski definition) is 1. The van der Waals surface area contributed by atoms with Crippen LogP contribution in [-0.2, 0) is 5.75 Å². The molecule has 2 aliphatic carbocycles. The van der Waals surface area contributed by atoms with Crippen LogP contribution in [0.1, 0.15) is 137 Å². The average molecular weight is 555 g/mol. The van der Waals surface area contributed by atoms with Crippen LogP contribution in [0.25, 0.3) is 0 Å². The molecule has 0 amide bonds. The molecule has 3 rings (SSSR count). The zero-order valence-electron chi connectivity index (χ0n) is 21.4. The van der Waals surface area contributed by atoms with Gasteiger partial charge in [0.15, 0.2) is 0 Å². The average Bonchev–Trinajstić information content (AvgIpc) is 2.86. The standard InChI is InChI=1S/C28H40F6S2/c1-3-11-19(4-2)23-16-22(20-12-7-5-8-13-20)17-24(21-14-9-6-10-15-21)25(23)18-36-28(33,34)26(29,30)27(31,32)35/h16-17,19-21,35H,3-15,18H2,1-2H3. The molecule has 2 saturated carbocycles. The molecule has 2 aliphatic rings. The maximum atomic E-state index is 14.6. The third-order valence-corrected chi connectivity index (χ3v) is 9.51. The number of thioether (sulfide) groups is 1. The van der Waals surface area contributed by atoms with E-state index in [0.717, 1.165) is 75.3 Å². The van der Waals surface area contributed by atoms with Crippen molar-refractivity contribution >= 4 is 24.4 Å². The molecule has 0 spiro atoms. The first-order valence-electron chi connectivity index (χ1n) is 13.6. The number of hydrogen-bond acceptors (Lipinski definition) is 2. The molecule has 0 aromatic heterocycles. The van der Waals surface area contributed by atoms with E-state index < -0.39 is 22.2 Å². The molecule has 1 unspecified atom stereocenters. The molecule has 1 aromatic rings. The fraction of sp³-hybridized carbons (Fsp3) is 0.786.